The lowest BCUT2D eigenvalue weighted by atomic mass is 10.1. The van der Waals surface area contributed by atoms with Gasteiger partial charge in [0.05, 0.1) is 16.5 Å². The van der Waals surface area contributed by atoms with Crippen LogP contribution in [0.1, 0.15) is 16.7 Å². The molecule has 1 fully saturated rings. The number of thioether (sulfide) groups is 1. The predicted molar refractivity (Wildman–Crippen MR) is 102 cm³/mol. The van der Waals surface area contributed by atoms with Crippen LogP contribution in [-0.2, 0) is 0 Å². The summed E-state index contributed by atoms with van der Waals surface area (Å²) in [5, 5.41) is 9.20. The minimum atomic E-state index is 0.664. The third-order valence-corrected chi connectivity index (χ3v) is 5.77. The maximum Gasteiger partial charge on any atom is 0.142 e. The molecule has 0 atom stereocenters. The molecule has 1 saturated heterocycles. The van der Waals surface area contributed by atoms with Crippen LogP contribution in [0.25, 0.3) is 0 Å². The average Bonchev–Trinajstić information content (AvgIpc) is 2.56. The van der Waals surface area contributed by atoms with E-state index in [9.17, 15) is 5.26 Å². The second-order valence-electron chi connectivity index (χ2n) is 5.83. The highest BCUT2D eigenvalue weighted by molar-refractivity contribution is 8.00. The fourth-order valence-corrected chi connectivity index (χ4v) is 4.79. The zero-order valence-corrected chi connectivity index (χ0v) is 15.5. The van der Waals surface area contributed by atoms with Crippen molar-refractivity contribution in [2.24, 2.45) is 0 Å². The van der Waals surface area contributed by atoms with E-state index in [2.05, 4.69) is 30.3 Å². The number of rotatable bonds is 4. The van der Waals surface area contributed by atoms with Gasteiger partial charge in [-0.15, -0.1) is 0 Å². The number of aryl methyl sites for hydroxylation is 2. The Morgan fingerprint density at radius 2 is 1.79 bits per heavy atom. The summed E-state index contributed by atoms with van der Waals surface area (Å²) in [5.41, 5.74) is 3.03. The molecule has 0 radical (unpaired) electrons. The van der Waals surface area contributed by atoms with Gasteiger partial charge in [-0.05, 0) is 67.3 Å². The van der Waals surface area contributed by atoms with E-state index in [4.69, 9.17) is 4.74 Å². The Hall–Kier alpha value is -1.61. The van der Waals surface area contributed by atoms with Crippen LogP contribution in [0.3, 0.4) is 0 Å². The van der Waals surface area contributed by atoms with Crippen LogP contribution < -0.4 is 4.74 Å². The molecule has 3 rings (SSSR count). The highest BCUT2D eigenvalue weighted by atomic mass is 32.2. The molecule has 1 aliphatic rings. The molecule has 2 aromatic carbocycles. The van der Waals surface area contributed by atoms with Gasteiger partial charge in [-0.25, -0.2) is 4.31 Å². The molecule has 0 aliphatic carbocycles. The zero-order chi connectivity index (χ0) is 16.9. The lowest BCUT2D eigenvalue weighted by molar-refractivity contribution is 0.466. The van der Waals surface area contributed by atoms with Gasteiger partial charge in [0, 0.05) is 24.6 Å². The standard InChI is InChI=1S/C19H20N2OS2/c1-14-9-15(2)11-17(10-14)22-18-4-3-16(13-20)12-19(18)24-21-5-7-23-8-6-21/h3-4,9-12H,5-8H2,1-2H3. The number of hydrogen-bond acceptors (Lipinski definition) is 5. The second kappa shape index (κ2) is 7.98. The Morgan fingerprint density at radius 3 is 2.46 bits per heavy atom. The Morgan fingerprint density at radius 1 is 1.08 bits per heavy atom. The first-order chi connectivity index (χ1) is 11.6. The van der Waals surface area contributed by atoms with Crippen molar-refractivity contribution >= 4 is 23.7 Å². The molecule has 1 aliphatic heterocycles. The van der Waals surface area contributed by atoms with Crippen molar-refractivity contribution in [3.8, 4) is 17.6 Å². The van der Waals surface area contributed by atoms with Gasteiger partial charge in [-0.1, -0.05) is 6.07 Å². The van der Waals surface area contributed by atoms with Crippen molar-refractivity contribution in [1.29, 1.82) is 5.26 Å². The first-order valence-corrected chi connectivity index (χ1v) is 9.88. The topological polar surface area (TPSA) is 36.3 Å². The summed E-state index contributed by atoms with van der Waals surface area (Å²) in [4.78, 5) is 1.00. The van der Waals surface area contributed by atoms with E-state index in [1.54, 1.807) is 11.9 Å². The van der Waals surface area contributed by atoms with Gasteiger partial charge < -0.3 is 4.74 Å². The third-order valence-electron chi connectivity index (χ3n) is 3.69. The van der Waals surface area contributed by atoms with Crippen molar-refractivity contribution in [2.75, 3.05) is 24.6 Å². The highest BCUT2D eigenvalue weighted by Gasteiger charge is 2.16. The second-order valence-corrected chi connectivity index (χ2v) is 8.20. The van der Waals surface area contributed by atoms with Gasteiger partial charge in [0.2, 0.25) is 0 Å². The molecule has 0 saturated carbocycles. The van der Waals surface area contributed by atoms with E-state index in [1.165, 1.54) is 11.1 Å². The molecular weight excluding hydrogens is 336 g/mol. The molecule has 3 nitrogen and oxygen atoms in total. The molecule has 24 heavy (non-hydrogen) atoms. The summed E-state index contributed by atoms with van der Waals surface area (Å²) in [5.74, 6) is 3.95. The molecule has 0 amide bonds. The van der Waals surface area contributed by atoms with Crippen LogP contribution in [0.5, 0.6) is 11.5 Å². The normalized spacial score (nSPS) is 15.0. The summed E-state index contributed by atoms with van der Waals surface area (Å²) in [6.07, 6.45) is 0. The SMILES string of the molecule is Cc1cc(C)cc(Oc2ccc(C#N)cc2SN2CCSCC2)c1. The van der Waals surface area contributed by atoms with Crippen molar-refractivity contribution in [3.05, 3.63) is 53.1 Å². The van der Waals surface area contributed by atoms with E-state index in [1.807, 2.05) is 42.1 Å². The Labute approximate surface area is 152 Å². The van der Waals surface area contributed by atoms with Crippen LogP contribution in [-0.4, -0.2) is 28.9 Å². The molecule has 0 aromatic heterocycles. The van der Waals surface area contributed by atoms with E-state index >= 15 is 0 Å². The van der Waals surface area contributed by atoms with Gasteiger partial charge >= 0.3 is 0 Å². The molecule has 124 valence electrons. The van der Waals surface area contributed by atoms with Crippen molar-refractivity contribution < 1.29 is 4.74 Å². The fourth-order valence-electron chi connectivity index (χ4n) is 2.63. The quantitative estimate of drug-likeness (QED) is 0.719. The molecule has 1 heterocycles. The Balaban J connectivity index is 1.86. The number of nitrogens with zero attached hydrogens (tertiary/aromatic N) is 2. The van der Waals surface area contributed by atoms with E-state index < -0.39 is 0 Å². The third kappa shape index (κ3) is 4.47. The monoisotopic (exact) mass is 356 g/mol. The van der Waals surface area contributed by atoms with E-state index in [0.29, 0.717) is 5.56 Å². The van der Waals surface area contributed by atoms with Crippen molar-refractivity contribution in [3.63, 3.8) is 0 Å². The number of ether oxygens (including phenoxy) is 1. The number of benzene rings is 2. The van der Waals surface area contributed by atoms with Crippen molar-refractivity contribution in [2.45, 2.75) is 18.7 Å². The molecule has 5 heteroatoms. The fraction of sp³-hybridized carbons (Fsp3) is 0.316. The van der Waals surface area contributed by atoms with Gasteiger partial charge in [0.1, 0.15) is 11.5 Å². The van der Waals surface area contributed by atoms with Crippen LogP contribution in [0.15, 0.2) is 41.3 Å². The molecule has 0 bridgehead atoms. The zero-order valence-electron chi connectivity index (χ0n) is 13.9. The average molecular weight is 357 g/mol. The number of hydrogen-bond donors (Lipinski definition) is 0. The predicted octanol–water partition coefficient (Wildman–Crippen LogP) is 5.02. The Bertz CT molecular complexity index is 744. The van der Waals surface area contributed by atoms with Gasteiger partial charge in [-0.2, -0.15) is 17.0 Å². The number of nitriles is 1. The minimum Gasteiger partial charge on any atom is -0.456 e. The summed E-state index contributed by atoms with van der Waals surface area (Å²) in [7, 11) is 0. The van der Waals surface area contributed by atoms with Crippen LogP contribution in [0.4, 0.5) is 0 Å². The lowest BCUT2D eigenvalue weighted by Crippen LogP contribution is -2.26. The maximum absolute atomic E-state index is 9.20. The van der Waals surface area contributed by atoms with Crippen LogP contribution in [0, 0.1) is 25.2 Å². The van der Waals surface area contributed by atoms with E-state index in [-0.39, 0.29) is 0 Å². The first kappa shape index (κ1) is 17.2. The summed E-state index contributed by atoms with van der Waals surface area (Å²) >= 11 is 3.68. The van der Waals surface area contributed by atoms with Crippen LogP contribution in [0.2, 0.25) is 0 Å². The molecule has 2 aromatic rings. The summed E-state index contributed by atoms with van der Waals surface area (Å²) in [6.45, 7) is 6.24. The molecule has 0 spiro atoms. The van der Waals surface area contributed by atoms with Gasteiger partial charge in [0.25, 0.3) is 0 Å². The summed E-state index contributed by atoms with van der Waals surface area (Å²) < 4.78 is 8.50. The lowest BCUT2D eigenvalue weighted by Gasteiger charge is -2.25. The maximum atomic E-state index is 9.20. The highest BCUT2D eigenvalue weighted by Crippen LogP contribution is 2.36. The van der Waals surface area contributed by atoms with Gasteiger partial charge in [-0.3, -0.25) is 0 Å². The molecule has 0 N–H and O–H groups in total. The molecule has 0 unspecified atom stereocenters. The largest absolute Gasteiger partial charge is 0.456 e. The van der Waals surface area contributed by atoms with Gasteiger partial charge in [0.15, 0.2) is 0 Å². The Kier molecular flexibility index (Phi) is 5.72. The minimum absolute atomic E-state index is 0.664. The smallest absolute Gasteiger partial charge is 0.142 e. The first-order valence-electron chi connectivity index (χ1n) is 7.95. The summed E-state index contributed by atoms with van der Waals surface area (Å²) in [6, 6.07) is 14.1. The van der Waals surface area contributed by atoms with Crippen molar-refractivity contribution in [1.82, 2.24) is 4.31 Å². The van der Waals surface area contributed by atoms with Crippen LogP contribution >= 0.6 is 23.7 Å². The van der Waals surface area contributed by atoms with E-state index in [0.717, 1.165) is 41.0 Å². The molecular formula is C19H20N2OS2.